The van der Waals surface area contributed by atoms with Gasteiger partial charge in [0.15, 0.2) is 5.69 Å². The molecule has 8 heteroatoms. The molecule has 1 aromatic heterocycles. The van der Waals surface area contributed by atoms with Crippen molar-refractivity contribution in [2.75, 3.05) is 5.88 Å². The lowest BCUT2D eigenvalue weighted by atomic mass is 10.1. The Morgan fingerprint density at radius 3 is 2.65 bits per heavy atom. The Morgan fingerprint density at radius 2 is 2.12 bits per heavy atom. The predicted molar refractivity (Wildman–Crippen MR) is 58.9 cm³/mol. The van der Waals surface area contributed by atoms with E-state index in [-0.39, 0.29) is 18.0 Å². The van der Waals surface area contributed by atoms with E-state index in [0.29, 0.717) is 0 Å². The van der Waals surface area contributed by atoms with Crippen molar-refractivity contribution in [3.05, 3.63) is 27.9 Å². The van der Waals surface area contributed by atoms with E-state index in [4.69, 9.17) is 16.7 Å². The van der Waals surface area contributed by atoms with Crippen LogP contribution >= 0.6 is 11.6 Å². The first kappa shape index (κ1) is 13.6. The van der Waals surface area contributed by atoms with Crippen LogP contribution in [0.1, 0.15) is 18.2 Å². The molecule has 0 aliphatic carbocycles. The van der Waals surface area contributed by atoms with Crippen LogP contribution in [0.2, 0.25) is 0 Å². The molecule has 0 aliphatic heterocycles. The Kier molecular flexibility index (Phi) is 4.62. The summed E-state index contributed by atoms with van der Waals surface area (Å²) in [5.74, 6) is -1.23. The predicted octanol–water partition coefficient (Wildman–Crippen LogP) is 0.719. The van der Waals surface area contributed by atoms with Crippen LogP contribution in [0.5, 0.6) is 5.75 Å². The Labute approximate surface area is 101 Å². The number of aromatic hydroxyl groups is 1. The smallest absolute Gasteiger partial charge is 0.406 e. The van der Waals surface area contributed by atoms with Crippen molar-refractivity contribution in [2.24, 2.45) is 0 Å². The monoisotopic (exact) mass is 262 g/mol. The normalized spacial score (nSPS) is 14.3. The second kappa shape index (κ2) is 5.76. The van der Waals surface area contributed by atoms with Gasteiger partial charge in [-0.15, -0.1) is 11.6 Å². The van der Waals surface area contributed by atoms with Gasteiger partial charge in [0.2, 0.25) is 5.75 Å². The maximum Gasteiger partial charge on any atom is 0.406 e. The van der Waals surface area contributed by atoms with Gasteiger partial charge in [-0.05, 0) is 28.5 Å². The molecule has 0 fully saturated rings. The molecule has 94 valence electrons. The fourth-order valence-electron chi connectivity index (χ4n) is 1.22. The summed E-state index contributed by atoms with van der Waals surface area (Å²) >= 11 is 5.40. The topological polar surface area (TPSA) is 117 Å². The standard InChI is InChI=1S/C9H11ClN2O5/c10-4-3-6(13)8(15)5-1-2-7(14)9(11-5)12(16)17/h1-2,6,8,13-15H,3-4H2. The molecule has 3 N–H and O–H groups in total. The molecule has 0 bridgehead atoms. The molecule has 0 amide bonds. The molecule has 0 aromatic carbocycles. The summed E-state index contributed by atoms with van der Waals surface area (Å²) in [5, 5.41) is 38.8. The maximum atomic E-state index is 10.5. The quantitative estimate of drug-likeness (QED) is 0.409. The van der Waals surface area contributed by atoms with Crippen LogP contribution in [0.4, 0.5) is 5.82 Å². The molecule has 0 aliphatic rings. The molecule has 0 saturated carbocycles. The lowest BCUT2D eigenvalue weighted by Crippen LogP contribution is -2.19. The minimum Gasteiger partial charge on any atom is -0.501 e. The number of alkyl halides is 1. The number of halogens is 1. The molecule has 2 unspecified atom stereocenters. The van der Waals surface area contributed by atoms with E-state index in [2.05, 4.69) is 4.98 Å². The largest absolute Gasteiger partial charge is 0.501 e. The minimum atomic E-state index is -1.38. The Balaban J connectivity index is 2.99. The zero-order chi connectivity index (χ0) is 13.0. The molecule has 1 rings (SSSR count). The van der Waals surface area contributed by atoms with Gasteiger partial charge in [-0.25, -0.2) is 0 Å². The average molecular weight is 263 g/mol. The van der Waals surface area contributed by atoms with E-state index in [1.165, 1.54) is 6.07 Å². The molecular formula is C9H11ClN2O5. The number of pyridine rings is 1. The molecule has 1 aromatic rings. The summed E-state index contributed by atoms with van der Waals surface area (Å²) < 4.78 is 0. The van der Waals surface area contributed by atoms with Crippen LogP contribution in [0.3, 0.4) is 0 Å². The summed E-state index contributed by atoms with van der Waals surface area (Å²) in [5.41, 5.74) is -0.0906. The van der Waals surface area contributed by atoms with Gasteiger partial charge in [-0.1, -0.05) is 0 Å². The van der Waals surface area contributed by atoms with Gasteiger partial charge in [-0.2, -0.15) is 0 Å². The van der Waals surface area contributed by atoms with Crippen LogP contribution in [-0.2, 0) is 0 Å². The molecule has 0 saturated heterocycles. The van der Waals surface area contributed by atoms with Crippen LogP contribution in [0.15, 0.2) is 12.1 Å². The number of hydrogen-bond acceptors (Lipinski definition) is 6. The van der Waals surface area contributed by atoms with Gasteiger partial charge >= 0.3 is 5.82 Å². The van der Waals surface area contributed by atoms with Crippen LogP contribution in [0, 0.1) is 10.1 Å². The maximum absolute atomic E-state index is 10.5. The van der Waals surface area contributed by atoms with Gasteiger partial charge in [0.05, 0.1) is 6.10 Å². The highest BCUT2D eigenvalue weighted by Crippen LogP contribution is 2.26. The number of aromatic nitrogens is 1. The second-order valence-corrected chi connectivity index (χ2v) is 3.70. The van der Waals surface area contributed by atoms with Crippen molar-refractivity contribution in [2.45, 2.75) is 18.6 Å². The zero-order valence-corrected chi connectivity index (χ0v) is 9.41. The summed E-state index contributed by atoms with van der Waals surface area (Å²) in [6.07, 6.45) is -2.42. The summed E-state index contributed by atoms with van der Waals surface area (Å²) in [6, 6.07) is 2.24. The van der Waals surface area contributed by atoms with E-state index < -0.39 is 28.7 Å². The highest BCUT2D eigenvalue weighted by atomic mass is 35.5. The first-order valence-electron chi connectivity index (χ1n) is 4.73. The highest BCUT2D eigenvalue weighted by Gasteiger charge is 2.26. The van der Waals surface area contributed by atoms with Crippen LogP contribution < -0.4 is 0 Å². The van der Waals surface area contributed by atoms with Crippen molar-refractivity contribution in [3.8, 4) is 5.75 Å². The Hall–Kier alpha value is -1.44. The van der Waals surface area contributed by atoms with E-state index in [1.807, 2.05) is 0 Å². The van der Waals surface area contributed by atoms with Gasteiger partial charge in [-0.3, -0.25) is 0 Å². The highest BCUT2D eigenvalue weighted by molar-refractivity contribution is 6.17. The van der Waals surface area contributed by atoms with Crippen LogP contribution in [0.25, 0.3) is 0 Å². The number of nitrogens with zero attached hydrogens (tertiary/aromatic N) is 2. The first-order valence-corrected chi connectivity index (χ1v) is 5.27. The molecule has 1 heterocycles. The number of nitro groups is 1. The number of hydrogen-bond donors (Lipinski definition) is 3. The van der Waals surface area contributed by atoms with E-state index in [0.717, 1.165) is 6.07 Å². The van der Waals surface area contributed by atoms with Gasteiger partial charge in [0.25, 0.3) is 0 Å². The van der Waals surface area contributed by atoms with Crippen molar-refractivity contribution < 1.29 is 20.2 Å². The third kappa shape index (κ3) is 3.26. The molecule has 0 radical (unpaired) electrons. The number of aliphatic hydroxyl groups is 2. The fraction of sp³-hybridized carbons (Fsp3) is 0.444. The summed E-state index contributed by atoms with van der Waals surface area (Å²) in [4.78, 5) is 13.1. The third-order valence-corrected chi connectivity index (χ3v) is 2.34. The third-order valence-electron chi connectivity index (χ3n) is 2.12. The first-order chi connectivity index (χ1) is 7.97. The Morgan fingerprint density at radius 1 is 1.47 bits per heavy atom. The van der Waals surface area contributed by atoms with E-state index in [9.17, 15) is 20.3 Å². The second-order valence-electron chi connectivity index (χ2n) is 3.33. The molecular weight excluding hydrogens is 252 g/mol. The van der Waals surface area contributed by atoms with Crippen LogP contribution in [-0.4, -0.2) is 37.2 Å². The van der Waals surface area contributed by atoms with Crippen molar-refractivity contribution >= 4 is 17.4 Å². The molecule has 0 spiro atoms. The van der Waals surface area contributed by atoms with Crippen molar-refractivity contribution in [1.29, 1.82) is 0 Å². The summed E-state index contributed by atoms with van der Waals surface area (Å²) in [6.45, 7) is 0. The molecule has 7 nitrogen and oxygen atoms in total. The number of rotatable bonds is 5. The van der Waals surface area contributed by atoms with E-state index >= 15 is 0 Å². The van der Waals surface area contributed by atoms with Gasteiger partial charge in [0.1, 0.15) is 6.10 Å². The SMILES string of the molecule is O=[N+]([O-])c1nc(C(O)C(O)CCCl)ccc1O. The van der Waals surface area contributed by atoms with Crippen molar-refractivity contribution in [3.63, 3.8) is 0 Å². The lowest BCUT2D eigenvalue weighted by Gasteiger charge is -2.13. The number of aliphatic hydroxyl groups excluding tert-OH is 2. The zero-order valence-electron chi connectivity index (χ0n) is 8.65. The molecule has 17 heavy (non-hydrogen) atoms. The summed E-state index contributed by atoms with van der Waals surface area (Å²) in [7, 11) is 0. The van der Waals surface area contributed by atoms with Crippen molar-refractivity contribution in [1.82, 2.24) is 4.98 Å². The van der Waals surface area contributed by atoms with E-state index in [1.54, 1.807) is 0 Å². The van der Waals surface area contributed by atoms with Gasteiger partial charge in [0, 0.05) is 5.88 Å². The fourth-order valence-corrected chi connectivity index (χ4v) is 1.45. The lowest BCUT2D eigenvalue weighted by molar-refractivity contribution is -0.390. The van der Waals surface area contributed by atoms with Gasteiger partial charge < -0.3 is 25.4 Å². The molecule has 2 atom stereocenters. The Bertz CT molecular complexity index is 414. The average Bonchev–Trinajstić information content (AvgIpc) is 2.28. The minimum absolute atomic E-state index is 0.0906.